The first-order valence-corrected chi connectivity index (χ1v) is 6.79. The Labute approximate surface area is 118 Å². The molecule has 1 atom stereocenters. The van der Waals surface area contributed by atoms with E-state index in [-0.39, 0.29) is 19.1 Å². The molecule has 1 amide bonds. The molecule has 1 aliphatic heterocycles. The fourth-order valence-electron chi connectivity index (χ4n) is 2.40. The van der Waals surface area contributed by atoms with Gasteiger partial charge in [0.25, 0.3) is 0 Å². The number of ether oxygens (including phenoxy) is 1. The van der Waals surface area contributed by atoms with Crippen molar-refractivity contribution in [3.8, 4) is 0 Å². The van der Waals surface area contributed by atoms with Crippen molar-refractivity contribution in [2.24, 2.45) is 0 Å². The molecule has 0 fully saturated rings. The molecule has 2 rings (SSSR count). The van der Waals surface area contributed by atoms with E-state index in [2.05, 4.69) is 0 Å². The summed E-state index contributed by atoms with van der Waals surface area (Å²) in [6, 6.07) is 7.39. The zero-order valence-corrected chi connectivity index (χ0v) is 11.5. The molecule has 108 valence electrons. The Morgan fingerprint density at radius 1 is 1.40 bits per heavy atom. The van der Waals surface area contributed by atoms with Crippen molar-refractivity contribution in [3.05, 3.63) is 35.4 Å². The number of nitrogens with zero attached hydrogens (tertiary/aromatic N) is 1. The van der Waals surface area contributed by atoms with Gasteiger partial charge in [-0.3, -0.25) is 9.59 Å². The van der Waals surface area contributed by atoms with Gasteiger partial charge < -0.3 is 14.7 Å². The molecule has 1 N–H and O–H groups in total. The largest absolute Gasteiger partial charge is 0.481 e. The van der Waals surface area contributed by atoms with Gasteiger partial charge in [-0.05, 0) is 17.5 Å². The third-order valence-electron chi connectivity index (χ3n) is 3.42. The van der Waals surface area contributed by atoms with E-state index in [1.807, 2.05) is 31.2 Å². The van der Waals surface area contributed by atoms with E-state index in [1.165, 1.54) is 0 Å². The highest BCUT2D eigenvalue weighted by Gasteiger charge is 2.32. The molecular formula is C15H19NO4. The van der Waals surface area contributed by atoms with Gasteiger partial charge in [-0.25, -0.2) is 0 Å². The third kappa shape index (κ3) is 3.17. The monoisotopic (exact) mass is 277 g/mol. The van der Waals surface area contributed by atoms with Crippen molar-refractivity contribution in [2.75, 3.05) is 19.8 Å². The lowest BCUT2D eigenvalue weighted by atomic mass is 9.90. The highest BCUT2D eigenvalue weighted by Crippen LogP contribution is 2.28. The molecule has 20 heavy (non-hydrogen) atoms. The number of carboxylic acids is 1. The molecule has 0 saturated heterocycles. The van der Waals surface area contributed by atoms with Crippen molar-refractivity contribution in [1.29, 1.82) is 0 Å². The molecule has 1 heterocycles. The molecule has 1 aromatic carbocycles. The summed E-state index contributed by atoms with van der Waals surface area (Å²) in [5, 5.41) is 9.33. The fourth-order valence-corrected chi connectivity index (χ4v) is 2.40. The van der Waals surface area contributed by atoms with Gasteiger partial charge in [-0.1, -0.05) is 31.2 Å². The van der Waals surface area contributed by atoms with Gasteiger partial charge in [0.1, 0.15) is 6.61 Å². The third-order valence-corrected chi connectivity index (χ3v) is 3.42. The van der Waals surface area contributed by atoms with Crippen molar-refractivity contribution in [3.63, 3.8) is 0 Å². The number of aliphatic carboxylic acids is 1. The van der Waals surface area contributed by atoms with Crippen LogP contribution in [0.3, 0.4) is 0 Å². The van der Waals surface area contributed by atoms with Gasteiger partial charge in [0.15, 0.2) is 0 Å². The van der Waals surface area contributed by atoms with Crippen LogP contribution < -0.4 is 0 Å². The van der Waals surface area contributed by atoms with Gasteiger partial charge in [0, 0.05) is 19.7 Å². The number of benzene rings is 1. The summed E-state index contributed by atoms with van der Waals surface area (Å²) in [5.41, 5.74) is 1.70. The fraction of sp³-hybridized carbons (Fsp3) is 0.467. The van der Waals surface area contributed by atoms with E-state index in [9.17, 15) is 14.7 Å². The molecule has 1 aliphatic rings. The van der Waals surface area contributed by atoms with Crippen molar-refractivity contribution in [2.45, 2.75) is 25.8 Å². The van der Waals surface area contributed by atoms with Gasteiger partial charge in [0.2, 0.25) is 5.91 Å². The maximum atomic E-state index is 12.1. The highest BCUT2D eigenvalue weighted by molar-refractivity contribution is 5.82. The van der Waals surface area contributed by atoms with E-state index in [4.69, 9.17) is 4.74 Å². The van der Waals surface area contributed by atoms with Crippen LogP contribution in [0.25, 0.3) is 0 Å². The van der Waals surface area contributed by atoms with Crippen LogP contribution in [0.15, 0.2) is 24.3 Å². The Hall–Kier alpha value is -1.88. The Bertz CT molecular complexity index is 500. The maximum Gasteiger partial charge on any atom is 0.312 e. The normalized spacial score (nSPS) is 17.6. The molecule has 5 heteroatoms. The molecule has 0 radical (unpaired) electrons. The second-order valence-corrected chi connectivity index (χ2v) is 4.92. The average molecular weight is 277 g/mol. The van der Waals surface area contributed by atoms with Crippen LogP contribution in [0.2, 0.25) is 0 Å². The molecule has 0 spiro atoms. The standard InChI is InChI=1S/C15H19NO4/c1-2-7-20-10-14(17)16-8-11-5-3-4-6-12(11)13(9-16)15(18)19/h3-6,13H,2,7-10H2,1H3,(H,18,19). The van der Waals surface area contributed by atoms with Crippen LogP contribution in [-0.4, -0.2) is 41.6 Å². The second kappa shape index (κ2) is 6.52. The first-order valence-electron chi connectivity index (χ1n) is 6.79. The SMILES string of the molecule is CCCOCC(=O)N1Cc2ccccc2C(C(=O)O)C1. The lowest BCUT2D eigenvalue weighted by molar-refractivity contribution is -0.143. The number of hydrogen-bond donors (Lipinski definition) is 1. The number of carboxylic acid groups (broad SMARTS) is 1. The van der Waals surface area contributed by atoms with Crippen LogP contribution in [0.4, 0.5) is 0 Å². The molecule has 0 saturated carbocycles. The van der Waals surface area contributed by atoms with Crippen molar-refractivity contribution >= 4 is 11.9 Å². The minimum absolute atomic E-state index is 0.0162. The molecule has 0 bridgehead atoms. The summed E-state index contributed by atoms with van der Waals surface area (Å²) in [4.78, 5) is 25.0. The predicted octanol–water partition coefficient (Wildman–Crippen LogP) is 1.62. The van der Waals surface area contributed by atoms with E-state index < -0.39 is 11.9 Å². The van der Waals surface area contributed by atoms with E-state index >= 15 is 0 Å². The number of amides is 1. The molecule has 0 aromatic heterocycles. The minimum atomic E-state index is -0.899. The van der Waals surface area contributed by atoms with Gasteiger partial charge in [0.05, 0.1) is 5.92 Å². The number of carbonyl (C=O) groups is 2. The number of rotatable bonds is 5. The van der Waals surface area contributed by atoms with E-state index in [1.54, 1.807) is 4.90 Å². The summed E-state index contributed by atoms with van der Waals surface area (Å²) in [5.74, 6) is -1.71. The average Bonchev–Trinajstić information content (AvgIpc) is 2.46. The van der Waals surface area contributed by atoms with Gasteiger partial charge in [-0.15, -0.1) is 0 Å². The smallest absolute Gasteiger partial charge is 0.312 e. The minimum Gasteiger partial charge on any atom is -0.481 e. The molecule has 1 aromatic rings. The van der Waals surface area contributed by atoms with Gasteiger partial charge >= 0.3 is 5.97 Å². The first-order chi connectivity index (χ1) is 9.63. The van der Waals surface area contributed by atoms with Crippen LogP contribution >= 0.6 is 0 Å². The lowest BCUT2D eigenvalue weighted by Gasteiger charge is -2.32. The first kappa shape index (κ1) is 14.5. The summed E-state index contributed by atoms with van der Waals surface area (Å²) in [7, 11) is 0. The Kier molecular flexibility index (Phi) is 4.74. The van der Waals surface area contributed by atoms with Crippen molar-refractivity contribution in [1.82, 2.24) is 4.90 Å². The zero-order valence-electron chi connectivity index (χ0n) is 11.5. The van der Waals surface area contributed by atoms with Crippen molar-refractivity contribution < 1.29 is 19.4 Å². The Morgan fingerprint density at radius 2 is 2.15 bits per heavy atom. The van der Waals surface area contributed by atoms with E-state index in [0.29, 0.717) is 13.2 Å². The quantitative estimate of drug-likeness (QED) is 0.831. The zero-order chi connectivity index (χ0) is 14.5. The number of hydrogen-bond acceptors (Lipinski definition) is 3. The van der Waals surface area contributed by atoms with Crippen LogP contribution in [-0.2, 0) is 20.9 Å². The summed E-state index contributed by atoms with van der Waals surface area (Å²) >= 11 is 0. The van der Waals surface area contributed by atoms with Crippen LogP contribution in [0.1, 0.15) is 30.4 Å². The second-order valence-electron chi connectivity index (χ2n) is 4.92. The highest BCUT2D eigenvalue weighted by atomic mass is 16.5. The lowest BCUT2D eigenvalue weighted by Crippen LogP contribution is -2.42. The summed E-state index contributed by atoms with van der Waals surface area (Å²) in [6.45, 7) is 3.19. The molecular weight excluding hydrogens is 258 g/mol. The summed E-state index contributed by atoms with van der Waals surface area (Å²) in [6.07, 6.45) is 0.855. The number of fused-ring (bicyclic) bond motifs is 1. The van der Waals surface area contributed by atoms with Crippen LogP contribution in [0.5, 0.6) is 0 Å². The Morgan fingerprint density at radius 3 is 2.85 bits per heavy atom. The molecule has 0 aliphatic carbocycles. The molecule has 1 unspecified atom stereocenters. The van der Waals surface area contributed by atoms with Gasteiger partial charge in [-0.2, -0.15) is 0 Å². The van der Waals surface area contributed by atoms with E-state index in [0.717, 1.165) is 17.5 Å². The van der Waals surface area contributed by atoms with Crippen LogP contribution in [0, 0.1) is 0 Å². The molecule has 5 nitrogen and oxygen atoms in total. The topological polar surface area (TPSA) is 66.8 Å². The maximum absolute atomic E-state index is 12.1. The summed E-state index contributed by atoms with van der Waals surface area (Å²) < 4.78 is 5.24. The number of carbonyl (C=O) groups excluding carboxylic acids is 1. The Balaban J connectivity index is 2.12. The predicted molar refractivity (Wildman–Crippen MR) is 73.3 cm³/mol.